The molecule has 0 aliphatic rings. The molecule has 1 heterocycles. The summed E-state index contributed by atoms with van der Waals surface area (Å²) >= 11 is 11.8. The lowest BCUT2D eigenvalue weighted by Crippen LogP contribution is -2.31. The van der Waals surface area contributed by atoms with Crippen molar-refractivity contribution in [1.29, 1.82) is 0 Å². The standard InChI is InChI=1S/C14H13Cl2N3O3/c1-7-5-12(20)18-14(17-7)19-13(21)8(2)22-11-4-3-9(15)6-10(11)16/h3-6,8H,1-2H3,(H2,17,18,19,20,21). The van der Waals surface area contributed by atoms with Gasteiger partial charge in [-0.3, -0.25) is 19.9 Å². The number of nitrogens with one attached hydrogen (secondary N) is 2. The predicted molar refractivity (Wildman–Crippen MR) is 84.8 cm³/mol. The van der Waals surface area contributed by atoms with Crippen LogP contribution >= 0.6 is 23.2 Å². The molecule has 0 aliphatic heterocycles. The Balaban J connectivity index is 2.07. The molecule has 0 bridgehead atoms. The minimum Gasteiger partial charge on any atom is -0.479 e. The van der Waals surface area contributed by atoms with Gasteiger partial charge in [0.15, 0.2) is 6.10 Å². The van der Waals surface area contributed by atoms with Crippen molar-refractivity contribution in [1.82, 2.24) is 9.97 Å². The van der Waals surface area contributed by atoms with Crippen LogP contribution in [0.5, 0.6) is 5.75 Å². The molecule has 116 valence electrons. The Hall–Kier alpha value is -2.05. The van der Waals surface area contributed by atoms with E-state index in [9.17, 15) is 9.59 Å². The quantitative estimate of drug-likeness (QED) is 0.895. The first kappa shape index (κ1) is 16.3. The lowest BCUT2D eigenvalue weighted by Gasteiger charge is -2.15. The number of halogens is 2. The molecule has 0 radical (unpaired) electrons. The van der Waals surface area contributed by atoms with E-state index in [4.69, 9.17) is 27.9 Å². The van der Waals surface area contributed by atoms with Crippen molar-refractivity contribution in [3.05, 3.63) is 50.4 Å². The molecule has 1 aromatic carbocycles. The number of carbonyl (C=O) groups is 1. The van der Waals surface area contributed by atoms with E-state index in [1.165, 1.54) is 12.1 Å². The Morgan fingerprint density at radius 3 is 2.73 bits per heavy atom. The van der Waals surface area contributed by atoms with Crippen LogP contribution in [0.3, 0.4) is 0 Å². The second-order valence-corrected chi connectivity index (χ2v) is 5.40. The molecule has 1 amide bonds. The van der Waals surface area contributed by atoms with E-state index in [1.54, 1.807) is 26.0 Å². The average Bonchev–Trinajstić information content (AvgIpc) is 2.40. The van der Waals surface area contributed by atoms with E-state index in [0.29, 0.717) is 21.5 Å². The van der Waals surface area contributed by atoms with Crippen molar-refractivity contribution in [2.75, 3.05) is 5.32 Å². The van der Waals surface area contributed by atoms with Crippen LogP contribution in [0.4, 0.5) is 5.95 Å². The van der Waals surface area contributed by atoms with E-state index < -0.39 is 12.0 Å². The lowest BCUT2D eigenvalue weighted by molar-refractivity contribution is -0.122. The van der Waals surface area contributed by atoms with Crippen LogP contribution in [0.25, 0.3) is 0 Å². The Morgan fingerprint density at radius 1 is 1.36 bits per heavy atom. The molecular formula is C14H13Cl2N3O3. The molecular weight excluding hydrogens is 329 g/mol. The van der Waals surface area contributed by atoms with E-state index in [1.807, 2.05) is 0 Å². The molecule has 6 nitrogen and oxygen atoms in total. The van der Waals surface area contributed by atoms with Crippen LogP contribution in [0.15, 0.2) is 29.1 Å². The summed E-state index contributed by atoms with van der Waals surface area (Å²) in [6, 6.07) is 6.01. The number of rotatable bonds is 4. The van der Waals surface area contributed by atoms with Crippen LogP contribution < -0.4 is 15.6 Å². The number of H-pyrrole nitrogens is 1. The number of aromatic nitrogens is 2. The number of anilines is 1. The molecule has 0 saturated carbocycles. The van der Waals surface area contributed by atoms with Gasteiger partial charge in [-0.15, -0.1) is 0 Å². The van der Waals surface area contributed by atoms with Crippen molar-refractivity contribution >= 4 is 35.1 Å². The van der Waals surface area contributed by atoms with Crippen molar-refractivity contribution in [2.24, 2.45) is 0 Å². The Morgan fingerprint density at radius 2 is 2.09 bits per heavy atom. The number of hydrogen-bond acceptors (Lipinski definition) is 4. The van der Waals surface area contributed by atoms with Crippen molar-refractivity contribution in [3.8, 4) is 5.75 Å². The maximum atomic E-state index is 12.1. The molecule has 0 fully saturated rings. The lowest BCUT2D eigenvalue weighted by atomic mass is 10.3. The fraction of sp³-hybridized carbons (Fsp3) is 0.214. The Kier molecular flexibility index (Phi) is 5.05. The van der Waals surface area contributed by atoms with Gasteiger partial charge < -0.3 is 4.74 Å². The highest BCUT2D eigenvalue weighted by Crippen LogP contribution is 2.28. The normalized spacial score (nSPS) is 11.8. The van der Waals surface area contributed by atoms with Gasteiger partial charge in [0, 0.05) is 16.8 Å². The van der Waals surface area contributed by atoms with E-state index in [0.717, 1.165) is 0 Å². The van der Waals surface area contributed by atoms with Crippen LogP contribution in [-0.2, 0) is 4.79 Å². The summed E-state index contributed by atoms with van der Waals surface area (Å²) < 4.78 is 5.47. The Labute approximate surface area is 136 Å². The van der Waals surface area contributed by atoms with E-state index in [-0.39, 0.29) is 11.5 Å². The van der Waals surface area contributed by atoms with Crippen molar-refractivity contribution in [2.45, 2.75) is 20.0 Å². The number of benzene rings is 1. The first-order valence-corrected chi connectivity index (χ1v) is 7.11. The topological polar surface area (TPSA) is 84.1 Å². The number of ether oxygens (including phenoxy) is 1. The predicted octanol–water partition coefficient (Wildman–Crippen LogP) is 2.79. The summed E-state index contributed by atoms with van der Waals surface area (Å²) in [5, 5.41) is 3.24. The van der Waals surface area contributed by atoms with Gasteiger partial charge in [-0.25, -0.2) is 4.98 Å². The number of amides is 1. The van der Waals surface area contributed by atoms with E-state index >= 15 is 0 Å². The molecule has 0 saturated heterocycles. The van der Waals surface area contributed by atoms with E-state index in [2.05, 4.69) is 15.3 Å². The fourth-order valence-electron chi connectivity index (χ4n) is 1.67. The summed E-state index contributed by atoms with van der Waals surface area (Å²) in [6.07, 6.45) is -0.843. The van der Waals surface area contributed by atoms with Crippen molar-refractivity contribution in [3.63, 3.8) is 0 Å². The highest BCUT2D eigenvalue weighted by molar-refractivity contribution is 6.35. The van der Waals surface area contributed by atoms with Crippen LogP contribution in [0, 0.1) is 6.92 Å². The summed E-state index contributed by atoms with van der Waals surface area (Å²) in [7, 11) is 0. The van der Waals surface area contributed by atoms with Gasteiger partial charge in [0.05, 0.1) is 5.02 Å². The summed E-state index contributed by atoms with van der Waals surface area (Å²) in [6.45, 7) is 3.20. The first-order valence-electron chi connectivity index (χ1n) is 6.35. The minimum atomic E-state index is -0.843. The molecule has 1 atom stereocenters. The fourth-order valence-corrected chi connectivity index (χ4v) is 2.12. The molecule has 2 N–H and O–H groups in total. The SMILES string of the molecule is Cc1cc(=O)[nH]c(NC(=O)C(C)Oc2ccc(Cl)cc2Cl)n1. The van der Waals surface area contributed by atoms with Gasteiger partial charge in [-0.05, 0) is 32.0 Å². The summed E-state index contributed by atoms with van der Waals surface area (Å²) in [5.74, 6) is -0.0770. The van der Waals surface area contributed by atoms with Crippen molar-refractivity contribution < 1.29 is 9.53 Å². The number of aryl methyl sites for hydroxylation is 1. The minimum absolute atomic E-state index is 0.0626. The van der Waals surface area contributed by atoms with Crippen LogP contribution in [-0.4, -0.2) is 22.0 Å². The number of hydrogen-bond donors (Lipinski definition) is 2. The molecule has 2 rings (SSSR count). The molecule has 22 heavy (non-hydrogen) atoms. The maximum absolute atomic E-state index is 12.1. The van der Waals surface area contributed by atoms with Crippen LogP contribution in [0.2, 0.25) is 10.0 Å². The highest BCUT2D eigenvalue weighted by atomic mass is 35.5. The molecule has 1 unspecified atom stereocenters. The zero-order chi connectivity index (χ0) is 16.3. The zero-order valence-corrected chi connectivity index (χ0v) is 13.3. The average molecular weight is 342 g/mol. The van der Waals surface area contributed by atoms with Crippen LogP contribution in [0.1, 0.15) is 12.6 Å². The van der Waals surface area contributed by atoms with Gasteiger partial charge in [-0.2, -0.15) is 0 Å². The number of nitrogens with zero attached hydrogens (tertiary/aromatic N) is 1. The summed E-state index contributed by atoms with van der Waals surface area (Å²) in [4.78, 5) is 29.8. The molecule has 8 heteroatoms. The van der Waals surface area contributed by atoms with Gasteiger partial charge in [-0.1, -0.05) is 23.2 Å². The first-order chi connectivity index (χ1) is 10.3. The van der Waals surface area contributed by atoms with Gasteiger partial charge >= 0.3 is 0 Å². The third-order valence-corrected chi connectivity index (χ3v) is 3.21. The molecule has 2 aromatic rings. The van der Waals surface area contributed by atoms with Gasteiger partial charge in [0.1, 0.15) is 5.75 Å². The number of aromatic amines is 1. The van der Waals surface area contributed by atoms with Gasteiger partial charge in [0.25, 0.3) is 11.5 Å². The smallest absolute Gasteiger partial charge is 0.267 e. The second-order valence-electron chi connectivity index (χ2n) is 4.56. The molecule has 0 spiro atoms. The molecule has 0 aliphatic carbocycles. The second kappa shape index (κ2) is 6.81. The highest BCUT2D eigenvalue weighted by Gasteiger charge is 2.17. The third kappa shape index (κ3) is 4.22. The molecule has 1 aromatic heterocycles. The monoisotopic (exact) mass is 341 g/mol. The van der Waals surface area contributed by atoms with Gasteiger partial charge in [0.2, 0.25) is 5.95 Å². The number of carbonyl (C=O) groups excluding carboxylic acids is 1. The summed E-state index contributed by atoms with van der Waals surface area (Å²) in [5.41, 5.74) is 0.144. The maximum Gasteiger partial charge on any atom is 0.267 e. The zero-order valence-electron chi connectivity index (χ0n) is 11.8. The Bertz CT molecular complexity index is 761. The largest absolute Gasteiger partial charge is 0.479 e. The third-order valence-electron chi connectivity index (χ3n) is 2.68.